The number of fused-ring (bicyclic) bond motifs is 1. The van der Waals surface area contributed by atoms with Crippen LogP contribution >= 0.6 is 0 Å². The predicted molar refractivity (Wildman–Crippen MR) is 99.0 cm³/mol. The molecule has 0 atom stereocenters. The molecule has 0 amide bonds. The van der Waals surface area contributed by atoms with Crippen LogP contribution in [0.2, 0.25) is 0 Å². The number of nitrogens with one attached hydrogen (secondary N) is 1. The Kier molecular flexibility index (Phi) is 6.46. The van der Waals surface area contributed by atoms with E-state index in [1.54, 1.807) is 4.57 Å². The number of carboxylic acid groups (broad SMARTS) is 1. The van der Waals surface area contributed by atoms with Gasteiger partial charge in [-0.3, -0.25) is 9.35 Å². The third kappa shape index (κ3) is 5.45. The van der Waals surface area contributed by atoms with Crippen LogP contribution in [-0.4, -0.2) is 71.0 Å². The molecular formula is C15H21N5O6S. The number of carbonyl (C=O) groups is 1. The summed E-state index contributed by atoms with van der Waals surface area (Å²) in [4.78, 5) is 34.2. The number of anilines is 1. The number of piperazine rings is 1. The van der Waals surface area contributed by atoms with Crippen molar-refractivity contribution in [2.24, 2.45) is 0 Å². The molecule has 27 heavy (non-hydrogen) atoms. The van der Waals surface area contributed by atoms with Crippen molar-refractivity contribution in [1.29, 1.82) is 0 Å². The van der Waals surface area contributed by atoms with Crippen LogP contribution in [0.5, 0.6) is 0 Å². The Morgan fingerprint density at radius 3 is 2.44 bits per heavy atom. The smallest absolute Gasteiger partial charge is 0.341 e. The SMILES string of the molecule is CCn1cc(C(=O)O)c(=O)c2cnc(N3CCNCC3)nc21.CS(=O)(=O)O. The lowest BCUT2D eigenvalue weighted by atomic mass is 10.2. The Hall–Kier alpha value is -2.57. The van der Waals surface area contributed by atoms with Gasteiger partial charge in [-0.2, -0.15) is 13.4 Å². The van der Waals surface area contributed by atoms with Gasteiger partial charge in [-0.1, -0.05) is 0 Å². The van der Waals surface area contributed by atoms with Crippen molar-refractivity contribution in [2.45, 2.75) is 13.5 Å². The van der Waals surface area contributed by atoms with E-state index in [-0.39, 0.29) is 10.9 Å². The average molecular weight is 399 g/mol. The number of hydrogen-bond donors (Lipinski definition) is 3. The van der Waals surface area contributed by atoms with E-state index in [4.69, 9.17) is 9.66 Å². The Balaban J connectivity index is 0.000000465. The largest absolute Gasteiger partial charge is 0.477 e. The molecule has 1 aliphatic heterocycles. The van der Waals surface area contributed by atoms with Crippen LogP contribution in [0, 0.1) is 0 Å². The van der Waals surface area contributed by atoms with E-state index in [9.17, 15) is 18.0 Å². The van der Waals surface area contributed by atoms with Gasteiger partial charge in [-0.15, -0.1) is 0 Å². The zero-order valence-corrected chi connectivity index (χ0v) is 15.7. The van der Waals surface area contributed by atoms with E-state index in [1.165, 1.54) is 12.4 Å². The molecule has 0 bridgehead atoms. The second-order valence-electron chi connectivity index (χ2n) is 5.84. The zero-order chi connectivity index (χ0) is 20.2. The van der Waals surface area contributed by atoms with Gasteiger partial charge in [0.15, 0.2) is 0 Å². The quantitative estimate of drug-likeness (QED) is 0.571. The van der Waals surface area contributed by atoms with Crippen molar-refractivity contribution in [1.82, 2.24) is 19.9 Å². The van der Waals surface area contributed by atoms with Crippen LogP contribution in [0.25, 0.3) is 11.0 Å². The van der Waals surface area contributed by atoms with Gasteiger partial charge in [0.25, 0.3) is 10.1 Å². The third-order valence-electron chi connectivity index (χ3n) is 3.77. The lowest BCUT2D eigenvalue weighted by molar-refractivity contribution is 0.0695. The van der Waals surface area contributed by atoms with Crippen molar-refractivity contribution in [3.63, 3.8) is 0 Å². The summed E-state index contributed by atoms with van der Waals surface area (Å²) in [5.41, 5.74) is -0.326. The molecule has 2 aromatic heterocycles. The summed E-state index contributed by atoms with van der Waals surface area (Å²) >= 11 is 0. The molecule has 2 aromatic rings. The van der Waals surface area contributed by atoms with Gasteiger partial charge in [-0.05, 0) is 6.92 Å². The van der Waals surface area contributed by atoms with Gasteiger partial charge in [-0.25, -0.2) is 9.78 Å². The molecule has 3 N–H and O–H groups in total. The maximum absolute atomic E-state index is 12.2. The first-order valence-electron chi connectivity index (χ1n) is 8.13. The molecule has 0 aromatic carbocycles. The van der Waals surface area contributed by atoms with Gasteiger partial charge in [0.2, 0.25) is 11.4 Å². The van der Waals surface area contributed by atoms with Crippen LogP contribution in [-0.2, 0) is 16.7 Å². The van der Waals surface area contributed by atoms with E-state index in [1.807, 2.05) is 11.8 Å². The van der Waals surface area contributed by atoms with Crippen LogP contribution in [0.3, 0.4) is 0 Å². The lowest BCUT2D eigenvalue weighted by Crippen LogP contribution is -2.44. The average Bonchev–Trinajstić information content (AvgIpc) is 2.61. The minimum absolute atomic E-state index is 0.237. The highest BCUT2D eigenvalue weighted by Gasteiger charge is 2.18. The van der Waals surface area contributed by atoms with E-state index in [0.717, 1.165) is 26.2 Å². The fraction of sp³-hybridized carbons (Fsp3) is 0.467. The highest BCUT2D eigenvalue weighted by Crippen LogP contribution is 2.14. The fourth-order valence-corrected chi connectivity index (χ4v) is 2.57. The first kappa shape index (κ1) is 20.7. The number of carboxylic acids is 1. The minimum Gasteiger partial charge on any atom is -0.477 e. The summed E-state index contributed by atoms with van der Waals surface area (Å²) < 4.78 is 27.5. The van der Waals surface area contributed by atoms with Crippen LogP contribution in [0.4, 0.5) is 5.95 Å². The third-order valence-corrected chi connectivity index (χ3v) is 3.77. The fourth-order valence-electron chi connectivity index (χ4n) is 2.57. The topological polar surface area (TPSA) is 155 Å². The monoisotopic (exact) mass is 399 g/mol. The Labute approximate surface area is 155 Å². The number of aromatic carboxylic acids is 1. The minimum atomic E-state index is -3.67. The number of aromatic nitrogens is 3. The summed E-state index contributed by atoms with van der Waals surface area (Å²) in [5.74, 6) is -0.668. The molecular weight excluding hydrogens is 378 g/mol. The van der Waals surface area contributed by atoms with Crippen LogP contribution < -0.4 is 15.6 Å². The van der Waals surface area contributed by atoms with Gasteiger partial charge in [0.05, 0.1) is 11.6 Å². The maximum Gasteiger partial charge on any atom is 0.341 e. The number of pyridine rings is 1. The summed E-state index contributed by atoms with van der Waals surface area (Å²) in [6.07, 6.45) is 3.50. The second kappa shape index (κ2) is 8.41. The van der Waals surface area contributed by atoms with Crippen LogP contribution in [0.1, 0.15) is 17.3 Å². The summed E-state index contributed by atoms with van der Waals surface area (Å²) in [6, 6.07) is 0. The number of hydrogen-bond acceptors (Lipinski definition) is 8. The number of aryl methyl sites for hydroxylation is 1. The molecule has 0 spiro atoms. The van der Waals surface area contributed by atoms with Gasteiger partial charge >= 0.3 is 5.97 Å². The van der Waals surface area contributed by atoms with E-state index >= 15 is 0 Å². The molecule has 3 heterocycles. The van der Waals surface area contributed by atoms with Gasteiger partial charge < -0.3 is 19.9 Å². The maximum atomic E-state index is 12.2. The molecule has 0 radical (unpaired) electrons. The molecule has 1 saturated heterocycles. The Morgan fingerprint density at radius 2 is 1.93 bits per heavy atom. The molecule has 11 nitrogen and oxygen atoms in total. The molecule has 1 fully saturated rings. The van der Waals surface area contributed by atoms with Crippen LogP contribution in [0.15, 0.2) is 17.2 Å². The number of rotatable bonds is 3. The highest BCUT2D eigenvalue weighted by atomic mass is 32.2. The van der Waals surface area contributed by atoms with Crippen molar-refractivity contribution < 1.29 is 22.9 Å². The molecule has 12 heteroatoms. The van der Waals surface area contributed by atoms with Crippen molar-refractivity contribution in [2.75, 3.05) is 37.3 Å². The van der Waals surface area contributed by atoms with E-state index < -0.39 is 21.5 Å². The van der Waals surface area contributed by atoms with Crippen molar-refractivity contribution in [3.05, 3.63) is 28.2 Å². The van der Waals surface area contributed by atoms with Crippen molar-refractivity contribution >= 4 is 33.1 Å². The molecule has 0 saturated carbocycles. The molecule has 3 rings (SSSR count). The summed E-state index contributed by atoms with van der Waals surface area (Å²) in [5, 5.41) is 12.6. The standard InChI is InChI=1S/C14H17N5O3.CH4O3S/c1-2-18-8-10(13(21)22)11(20)9-7-16-14(17-12(9)18)19-5-3-15-4-6-19;1-5(2,3)4/h7-8,15H,2-6H2,1H3,(H,21,22);1H3,(H,2,3,4). The summed E-state index contributed by atoms with van der Waals surface area (Å²) in [7, 11) is -3.67. The van der Waals surface area contributed by atoms with Crippen molar-refractivity contribution in [3.8, 4) is 0 Å². The molecule has 148 valence electrons. The second-order valence-corrected chi connectivity index (χ2v) is 7.31. The zero-order valence-electron chi connectivity index (χ0n) is 14.9. The Morgan fingerprint density at radius 1 is 1.33 bits per heavy atom. The molecule has 1 aliphatic rings. The first-order valence-corrected chi connectivity index (χ1v) is 9.98. The Bertz CT molecular complexity index is 990. The lowest BCUT2D eigenvalue weighted by Gasteiger charge is -2.27. The highest BCUT2D eigenvalue weighted by molar-refractivity contribution is 7.85. The molecule has 0 unspecified atom stereocenters. The summed E-state index contributed by atoms with van der Waals surface area (Å²) in [6.45, 7) is 5.72. The first-order chi connectivity index (χ1) is 12.6. The molecule has 0 aliphatic carbocycles. The van der Waals surface area contributed by atoms with E-state index in [2.05, 4.69) is 15.3 Å². The van der Waals surface area contributed by atoms with Gasteiger partial charge in [0.1, 0.15) is 11.2 Å². The van der Waals surface area contributed by atoms with Gasteiger partial charge in [0, 0.05) is 45.1 Å². The number of nitrogens with zero attached hydrogens (tertiary/aromatic N) is 4. The predicted octanol–water partition coefficient (Wildman–Crippen LogP) is -0.577. The van der Waals surface area contributed by atoms with E-state index in [0.29, 0.717) is 24.4 Å². The normalized spacial score (nSPS) is 14.6.